The third-order valence-corrected chi connectivity index (χ3v) is 1.32. The van der Waals surface area contributed by atoms with E-state index >= 15 is 0 Å². The number of hydrogen-bond donors (Lipinski definition) is 0. The lowest BCUT2D eigenvalue weighted by atomic mass is 10.2. The number of alkyl halides is 3. The molecule has 0 aromatic rings. The minimum atomic E-state index is -4.93. The molecule has 0 bridgehead atoms. The minimum absolute atomic E-state index is 0.417. The summed E-state index contributed by atoms with van der Waals surface area (Å²) >= 11 is 0. The number of likely N-dealkylation sites (tertiary alicyclic amines) is 1. The predicted molar refractivity (Wildman–Crippen MR) is 29.8 cm³/mol. The summed E-state index contributed by atoms with van der Waals surface area (Å²) < 4.78 is 33.9. The Hall–Kier alpha value is -0.980. The first-order valence-electron chi connectivity index (χ1n) is 3.20. The van der Waals surface area contributed by atoms with Gasteiger partial charge in [0.1, 0.15) is 0 Å². The molecular formula is C5H6F3NO3. The number of nitrogens with zero attached hydrogens (tertiary/aromatic N) is 1. The van der Waals surface area contributed by atoms with Crippen LogP contribution in [0.2, 0.25) is 0 Å². The summed E-state index contributed by atoms with van der Waals surface area (Å²) in [5.74, 6) is 0. The highest BCUT2D eigenvalue weighted by Crippen LogP contribution is 2.18. The maximum Gasteiger partial charge on any atom is 0.558 e. The van der Waals surface area contributed by atoms with Crippen molar-refractivity contribution in [3.8, 4) is 0 Å². The average molecular weight is 185 g/mol. The van der Waals surface area contributed by atoms with Crippen LogP contribution in [0.4, 0.5) is 18.0 Å². The second-order valence-electron chi connectivity index (χ2n) is 2.22. The summed E-state index contributed by atoms with van der Waals surface area (Å²) in [4.78, 5) is 18.0. The van der Waals surface area contributed by atoms with Crippen LogP contribution in [0.25, 0.3) is 0 Å². The highest BCUT2D eigenvalue weighted by Gasteiger charge is 2.34. The molecule has 1 aliphatic rings. The van der Waals surface area contributed by atoms with Gasteiger partial charge in [0, 0.05) is 13.1 Å². The van der Waals surface area contributed by atoms with E-state index in [1.807, 2.05) is 0 Å². The van der Waals surface area contributed by atoms with Crippen molar-refractivity contribution in [3.63, 3.8) is 0 Å². The fourth-order valence-corrected chi connectivity index (χ4v) is 0.634. The number of rotatable bonds is 1. The van der Waals surface area contributed by atoms with Gasteiger partial charge in [-0.2, -0.15) is 0 Å². The van der Waals surface area contributed by atoms with E-state index < -0.39 is 12.5 Å². The zero-order chi connectivity index (χ0) is 9.19. The van der Waals surface area contributed by atoms with Gasteiger partial charge in [0.15, 0.2) is 0 Å². The van der Waals surface area contributed by atoms with Crippen LogP contribution in [0, 0.1) is 0 Å². The zero-order valence-electron chi connectivity index (χ0n) is 5.93. The lowest BCUT2D eigenvalue weighted by molar-refractivity contribution is -0.460. The van der Waals surface area contributed by atoms with Gasteiger partial charge in [-0.3, -0.25) is 4.89 Å². The van der Waals surface area contributed by atoms with Gasteiger partial charge in [0.2, 0.25) is 0 Å². The van der Waals surface area contributed by atoms with Gasteiger partial charge in [-0.15, -0.1) is 13.2 Å². The van der Waals surface area contributed by atoms with Crippen LogP contribution in [0.15, 0.2) is 0 Å². The molecule has 0 aliphatic carbocycles. The molecule has 0 radical (unpaired) electrons. The topological polar surface area (TPSA) is 38.8 Å². The Morgan fingerprint density at radius 2 is 1.92 bits per heavy atom. The lowest BCUT2D eigenvalue weighted by Crippen LogP contribution is -2.42. The summed E-state index contributed by atoms with van der Waals surface area (Å²) in [7, 11) is 0. The maximum absolute atomic E-state index is 11.3. The number of carbonyl (C=O) groups excluding carboxylic acids is 1. The van der Waals surface area contributed by atoms with Crippen LogP contribution in [0.3, 0.4) is 0 Å². The Labute approximate surface area is 65.8 Å². The van der Waals surface area contributed by atoms with E-state index in [-0.39, 0.29) is 0 Å². The molecule has 70 valence electrons. The maximum atomic E-state index is 11.3. The molecule has 0 atom stereocenters. The Bertz CT molecular complexity index is 177. The highest BCUT2D eigenvalue weighted by molar-refractivity contribution is 5.67. The second-order valence-corrected chi connectivity index (χ2v) is 2.22. The molecule has 1 aliphatic heterocycles. The fraction of sp³-hybridized carbons (Fsp3) is 0.800. The Balaban J connectivity index is 2.18. The third-order valence-electron chi connectivity index (χ3n) is 1.32. The monoisotopic (exact) mass is 185 g/mol. The first-order valence-corrected chi connectivity index (χ1v) is 3.20. The number of carbonyl (C=O) groups is 1. The van der Waals surface area contributed by atoms with Crippen molar-refractivity contribution in [2.45, 2.75) is 12.8 Å². The molecule has 0 aromatic carbocycles. The SMILES string of the molecule is O=C(OOC(F)(F)F)N1CCC1. The van der Waals surface area contributed by atoms with Crippen molar-refractivity contribution < 1.29 is 27.7 Å². The summed E-state index contributed by atoms with van der Waals surface area (Å²) in [5.41, 5.74) is 0. The van der Waals surface area contributed by atoms with E-state index in [2.05, 4.69) is 9.78 Å². The standard InChI is InChI=1S/C5H6F3NO3/c6-5(7,8)12-11-4(10)9-2-1-3-9/h1-3H2. The van der Waals surface area contributed by atoms with E-state index in [0.717, 1.165) is 11.3 Å². The molecule has 12 heavy (non-hydrogen) atoms. The van der Waals surface area contributed by atoms with Gasteiger partial charge in [0.05, 0.1) is 0 Å². The average Bonchev–Trinajstić information content (AvgIpc) is 1.78. The molecule has 0 unspecified atom stereocenters. The van der Waals surface area contributed by atoms with E-state index in [1.54, 1.807) is 0 Å². The quantitative estimate of drug-likeness (QED) is 0.456. The molecule has 0 aromatic heterocycles. The first kappa shape index (κ1) is 9.11. The van der Waals surface area contributed by atoms with Crippen molar-refractivity contribution in [1.82, 2.24) is 4.90 Å². The van der Waals surface area contributed by atoms with E-state index in [1.165, 1.54) is 0 Å². The van der Waals surface area contributed by atoms with Crippen LogP contribution in [-0.4, -0.2) is 30.4 Å². The van der Waals surface area contributed by atoms with Gasteiger partial charge < -0.3 is 4.90 Å². The van der Waals surface area contributed by atoms with Crippen LogP contribution < -0.4 is 0 Å². The van der Waals surface area contributed by atoms with Crippen molar-refractivity contribution in [1.29, 1.82) is 0 Å². The third kappa shape index (κ3) is 2.57. The van der Waals surface area contributed by atoms with Crippen LogP contribution in [-0.2, 0) is 9.78 Å². The van der Waals surface area contributed by atoms with E-state index in [0.29, 0.717) is 13.1 Å². The molecule has 1 rings (SSSR count). The smallest absolute Gasteiger partial charge is 0.306 e. The van der Waals surface area contributed by atoms with Crippen molar-refractivity contribution >= 4 is 6.09 Å². The molecule has 1 fully saturated rings. The Morgan fingerprint density at radius 1 is 1.33 bits per heavy atom. The number of amides is 1. The summed E-state index contributed by atoms with van der Waals surface area (Å²) in [6, 6.07) is 0. The Morgan fingerprint density at radius 3 is 2.25 bits per heavy atom. The molecule has 0 N–H and O–H groups in total. The molecule has 7 heteroatoms. The molecule has 1 amide bonds. The van der Waals surface area contributed by atoms with Gasteiger partial charge in [-0.1, -0.05) is 4.89 Å². The molecule has 0 saturated carbocycles. The second kappa shape index (κ2) is 3.18. The fourth-order valence-electron chi connectivity index (χ4n) is 0.634. The Kier molecular flexibility index (Phi) is 2.41. The van der Waals surface area contributed by atoms with Crippen LogP contribution in [0.1, 0.15) is 6.42 Å². The summed E-state index contributed by atoms with van der Waals surface area (Å²) in [6.45, 7) is 0.833. The van der Waals surface area contributed by atoms with Crippen molar-refractivity contribution in [2.24, 2.45) is 0 Å². The van der Waals surface area contributed by atoms with E-state index in [9.17, 15) is 18.0 Å². The number of hydrogen-bond acceptors (Lipinski definition) is 3. The minimum Gasteiger partial charge on any atom is -0.306 e. The largest absolute Gasteiger partial charge is 0.558 e. The first-order chi connectivity index (χ1) is 5.49. The normalized spacial score (nSPS) is 17.1. The highest BCUT2D eigenvalue weighted by atomic mass is 19.4. The summed E-state index contributed by atoms with van der Waals surface area (Å²) in [5, 5.41) is 0. The van der Waals surface area contributed by atoms with Crippen molar-refractivity contribution in [3.05, 3.63) is 0 Å². The lowest BCUT2D eigenvalue weighted by Gasteiger charge is -2.28. The molecule has 1 heterocycles. The van der Waals surface area contributed by atoms with Crippen LogP contribution in [0.5, 0.6) is 0 Å². The predicted octanol–water partition coefficient (Wildman–Crippen LogP) is 1.28. The van der Waals surface area contributed by atoms with Gasteiger partial charge >= 0.3 is 12.5 Å². The summed E-state index contributed by atoms with van der Waals surface area (Å²) in [6.07, 6.45) is -5.25. The number of halogens is 3. The van der Waals surface area contributed by atoms with Crippen molar-refractivity contribution in [2.75, 3.05) is 13.1 Å². The van der Waals surface area contributed by atoms with Gasteiger partial charge in [-0.25, -0.2) is 4.79 Å². The molecule has 4 nitrogen and oxygen atoms in total. The van der Waals surface area contributed by atoms with Gasteiger partial charge in [0.25, 0.3) is 0 Å². The van der Waals surface area contributed by atoms with Crippen LogP contribution >= 0.6 is 0 Å². The molecular weight excluding hydrogens is 179 g/mol. The van der Waals surface area contributed by atoms with Gasteiger partial charge in [-0.05, 0) is 6.42 Å². The molecule has 0 spiro atoms. The molecule has 1 saturated heterocycles. The zero-order valence-corrected chi connectivity index (χ0v) is 5.93. The van der Waals surface area contributed by atoms with E-state index in [4.69, 9.17) is 0 Å².